The van der Waals surface area contributed by atoms with Crippen LogP contribution < -0.4 is 5.32 Å². The van der Waals surface area contributed by atoms with Gasteiger partial charge in [-0.3, -0.25) is 4.79 Å². The van der Waals surface area contributed by atoms with E-state index in [-0.39, 0.29) is 11.2 Å². The van der Waals surface area contributed by atoms with Gasteiger partial charge in [0.1, 0.15) is 0 Å². The van der Waals surface area contributed by atoms with Crippen LogP contribution in [0.15, 0.2) is 53.6 Å². The van der Waals surface area contributed by atoms with Crippen molar-refractivity contribution in [2.24, 2.45) is 0 Å². The second-order valence-corrected chi connectivity index (χ2v) is 7.90. The van der Waals surface area contributed by atoms with E-state index < -0.39 is 0 Å². The molecule has 0 aliphatic rings. The fourth-order valence-corrected chi connectivity index (χ4v) is 4.14. The first kappa shape index (κ1) is 18.5. The number of rotatable bonds is 5. The molecule has 1 unspecified atom stereocenters. The van der Waals surface area contributed by atoms with Crippen molar-refractivity contribution in [2.75, 3.05) is 5.32 Å². The van der Waals surface area contributed by atoms with E-state index in [4.69, 9.17) is 4.98 Å². The summed E-state index contributed by atoms with van der Waals surface area (Å²) < 4.78 is 0. The molecule has 1 heterocycles. The van der Waals surface area contributed by atoms with Gasteiger partial charge in [-0.25, -0.2) is 4.98 Å². The van der Waals surface area contributed by atoms with Crippen LogP contribution in [-0.4, -0.2) is 16.1 Å². The van der Waals surface area contributed by atoms with E-state index in [0.717, 1.165) is 39.2 Å². The Morgan fingerprint density at radius 1 is 1.08 bits per heavy atom. The topological polar surface area (TPSA) is 42.0 Å². The van der Waals surface area contributed by atoms with Crippen LogP contribution in [0.4, 0.5) is 5.69 Å². The van der Waals surface area contributed by atoms with Gasteiger partial charge in [-0.2, -0.15) is 0 Å². The van der Waals surface area contributed by atoms with Gasteiger partial charge < -0.3 is 5.32 Å². The third kappa shape index (κ3) is 4.25. The van der Waals surface area contributed by atoms with Crippen molar-refractivity contribution >= 4 is 34.3 Å². The molecule has 1 N–H and O–H groups in total. The SMILES string of the molecule is CCC(Sc1cc(C)c2ccccc2n1)C(=O)Nc1cc(C)cc(C)c1. The molecule has 26 heavy (non-hydrogen) atoms. The Kier molecular flexibility index (Phi) is 5.62. The maximum absolute atomic E-state index is 12.8. The monoisotopic (exact) mass is 364 g/mol. The number of hydrogen-bond acceptors (Lipinski definition) is 3. The number of carbonyl (C=O) groups is 1. The molecule has 0 fully saturated rings. The van der Waals surface area contributed by atoms with Gasteiger partial charge in [-0.15, -0.1) is 0 Å². The molecule has 1 aromatic heterocycles. The number of nitrogens with one attached hydrogen (secondary N) is 1. The van der Waals surface area contributed by atoms with Crippen molar-refractivity contribution in [1.29, 1.82) is 0 Å². The summed E-state index contributed by atoms with van der Waals surface area (Å²) in [7, 11) is 0. The molecule has 3 nitrogen and oxygen atoms in total. The van der Waals surface area contributed by atoms with Gasteiger partial charge in [0.05, 0.1) is 15.8 Å². The lowest BCUT2D eigenvalue weighted by Crippen LogP contribution is -2.24. The number of amides is 1. The number of aromatic nitrogens is 1. The van der Waals surface area contributed by atoms with Gasteiger partial charge in [0.15, 0.2) is 0 Å². The molecule has 1 atom stereocenters. The minimum atomic E-state index is -0.177. The van der Waals surface area contributed by atoms with Gasteiger partial charge in [0.25, 0.3) is 0 Å². The van der Waals surface area contributed by atoms with E-state index in [2.05, 4.69) is 30.4 Å². The van der Waals surface area contributed by atoms with Gasteiger partial charge in [0.2, 0.25) is 5.91 Å². The fourth-order valence-electron chi connectivity index (χ4n) is 3.12. The summed E-state index contributed by atoms with van der Waals surface area (Å²) in [6.07, 6.45) is 0.745. The lowest BCUT2D eigenvalue weighted by molar-refractivity contribution is -0.115. The largest absolute Gasteiger partial charge is 0.325 e. The minimum absolute atomic E-state index is 0.0233. The second-order valence-electron chi connectivity index (χ2n) is 6.67. The highest BCUT2D eigenvalue weighted by atomic mass is 32.2. The Morgan fingerprint density at radius 3 is 2.46 bits per heavy atom. The molecule has 0 aliphatic heterocycles. The Morgan fingerprint density at radius 2 is 1.77 bits per heavy atom. The predicted molar refractivity (Wildman–Crippen MR) is 111 cm³/mol. The number of fused-ring (bicyclic) bond motifs is 1. The fraction of sp³-hybridized carbons (Fsp3) is 0.273. The molecule has 134 valence electrons. The highest BCUT2D eigenvalue weighted by molar-refractivity contribution is 8.00. The number of hydrogen-bond donors (Lipinski definition) is 1. The summed E-state index contributed by atoms with van der Waals surface area (Å²) >= 11 is 1.53. The average molecular weight is 365 g/mol. The van der Waals surface area contributed by atoms with E-state index in [1.165, 1.54) is 17.3 Å². The van der Waals surface area contributed by atoms with Crippen LogP contribution in [0.2, 0.25) is 0 Å². The number of carbonyl (C=O) groups excluding carboxylic acids is 1. The van der Waals surface area contributed by atoms with E-state index in [1.807, 2.05) is 51.1 Å². The molecule has 0 saturated heterocycles. The van der Waals surface area contributed by atoms with E-state index in [1.54, 1.807) is 0 Å². The number of nitrogens with zero attached hydrogens (tertiary/aromatic N) is 1. The molecular weight excluding hydrogens is 340 g/mol. The van der Waals surface area contributed by atoms with E-state index in [9.17, 15) is 4.79 Å². The maximum Gasteiger partial charge on any atom is 0.237 e. The highest BCUT2D eigenvalue weighted by Crippen LogP contribution is 2.29. The smallest absolute Gasteiger partial charge is 0.237 e. The number of aryl methyl sites for hydroxylation is 3. The Bertz CT molecular complexity index is 932. The van der Waals surface area contributed by atoms with Crippen LogP contribution in [0, 0.1) is 20.8 Å². The predicted octanol–water partition coefficient (Wildman–Crippen LogP) is 5.67. The van der Waals surface area contributed by atoms with Crippen molar-refractivity contribution in [3.63, 3.8) is 0 Å². The molecule has 2 aromatic carbocycles. The van der Waals surface area contributed by atoms with Crippen LogP contribution in [0.5, 0.6) is 0 Å². The lowest BCUT2D eigenvalue weighted by atomic mass is 10.1. The summed E-state index contributed by atoms with van der Waals surface area (Å²) in [5.41, 5.74) is 5.30. The highest BCUT2D eigenvalue weighted by Gasteiger charge is 2.19. The number of thioether (sulfide) groups is 1. The maximum atomic E-state index is 12.8. The van der Waals surface area contributed by atoms with Gasteiger partial charge >= 0.3 is 0 Å². The molecule has 0 bridgehead atoms. The standard InChI is InChI=1S/C22H24N2OS/c1-5-20(22(25)23-17-11-14(2)10-15(3)12-17)26-21-13-16(4)18-8-6-7-9-19(18)24-21/h6-13,20H,5H2,1-4H3,(H,23,25). The summed E-state index contributed by atoms with van der Waals surface area (Å²) in [6, 6.07) is 16.3. The van der Waals surface area contributed by atoms with Crippen molar-refractivity contribution < 1.29 is 4.79 Å². The van der Waals surface area contributed by atoms with Crippen molar-refractivity contribution in [3.05, 3.63) is 65.2 Å². The quantitative estimate of drug-likeness (QED) is 0.593. The summed E-state index contributed by atoms with van der Waals surface area (Å²) in [5, 5.41) is 4.93. The zero-order chi connectivity index (χ0) is 18.7. The normalized spacial score (nSPS) is 12.2. The second kappa shape index (κ2) is 7.92. The van der Waals surface area contributed by atoms with Crippen LogP contribution in [0.25, 0.3) is 10.9 Å². The van der Waals surface area contributed by atoms with Gasteiger partial charge in [-0.05, 0) is 68.1 Å². The molecule has 0 radical (unpaired) electrons. The van der Waals surface area contributed by atoms with Crippen molar-refractivity contribution in [1.82, 2.24) is 4.98 Å². The Balaban J connectivity index is 1.79. The number of anilines is 1. The molecular formula is C22H24N2OS. The Labute approximate surface area is 159 Å². The first-order valence-corrected chi connectivity index (χ1v) is 9.76. The lowest BCUT2D eigenvalue weighted by Gasteiger charge is -2.16. The van der Waals surface area contributed by atoms with Crippen LogP contribution in [0.3, 0.4) is 0 Å². The van der Waals surface area contributed by atoms with Crippen molar-refractivity contribution in [3.8, 4) is 0 Å². The summed E-state index contributed by atoms with van der Waals surface area (Å²) in [4.78, 5) is 17.5. The van der Waals surface area contributed by atoms with Crippen LogP contribution >= 0.6 is 11.8 Å². The average Bonchev–Trinajstić information content (AvgIpc) is 2.58. The molecule has 0 spiro atoms. The van der Waals surface area contributed by atoms with Crippen molar-refractivity contribution in [2.45, 2.75) is 44.4 Å². The first-order valence-electron chi connectivity index (χ1n) is 8.88. The first-order chi connectivity index (χ1) is 12.5. The third-order valence-corrected chi connectivity index (χ3v) is 5.60. The number of benzene rings is 2. The minimum Gasteiger partial charge on any atom is -0.325 e. The van der Waals surface area contributed by atoms with Gasteiger partial charge in [-0.1, -0.05) is 43.0 Å². The molecule has 3 rings (SSSR count). The summed E-state index contributed by atoms with van der Waals surface area (Å²) in [6.45, 7) is 8.20. The van der Waals surface area contributed by atoms with Crippen LogP contribution in [-0.2, 0) is 4.79 Å². The summed E-state index contributed by atoms with van der Waals surface area (Å²) in [5.74, 6) is 0.0233. The molecule has 1 amide bonds. The van der Waals surface area contributed by atoms with E-state index >= 15 is 0 Å². The zero-order valence-corrected chi connectivity index (χ0v) is 16.5. The molecule has 3 aromatic rings. The zero-order valence-electron chi connectivity index (χ0n) is 15.7. The Hall–Kier alpha value is -2.33. The van der Waals surface area contributed by atoms with Gasteiger partial charge in [0, 0.05) is 11.1 Å². The molecule has 0 aliphatic carbocycles. The van der Waals surface area contributed by atoms with E-state index in [0.29, 0.717) is 0 Å². The molecule has 0 saturated carbocycles. The third-order valence-electron chi connectivity index (χ3n) is 4.31. The van der Waals surface area contributed by atoms with Crippen LogP contribution in [0.1, 0.15) is 30.0 Å². The number of para-hydroxylation sites is 1. The number of pyridine rings is 1. The molecule has 4 heteroatoms.